The van der Waals surface area contributed by atoms with Gasteiger partial charge in [-0.1, -0.05) is 30.3 Å². The Hall–Kier alpha value is -2.99. The van der Waals surface area contributed by atoms with Gasteiger partial charge < -0.3 is 18.8 Å². The molecule has 0 atom stereocenters. The highest BCUT2D eigenvalue weighted by Crippen LogP contribution is 2.37. The minimum absolute atomic E-state index is 0.213. The molecule has 2 heterocycles. The maximum absolute atomic E-state index is 11.9. The normalized spacial score (nSPS) is 14.8. The quantitative estimate of drug-likeness (QED) is 0.703. The summed E-state index contributed by atoms with van der Waals surface area (Å²) in [5, 5.41) is 1.07. The van der Waals surface area contributed by atoms with Crippen LogP contribution in [0.3, 0.4) is 0 Å². The van der Waals surface area contributed by atoms with Crippen molar-refractivity contribution < 1.29 is 23.6 Å². The molecule has 0 aliphatic carbocycles. The maximum atomic E-state index is 11.9. The molecule has 0 radical (unpaired) electrons. The van der Waals surface area contributed by atoms with Crippen molar-refractivity contribution in [3.8, 4) is 16.9 Å². The highest BCUT2D eigenvalue weighted by molar-refractivity contribution is 5.97. The van der Waals surface area contributed by atoms with Gasteiger partial charge in [0.15, 0.2) is 0 Å². The Bertz CT molecular complexity index is 1020. The third kappa shape index (κ3) is 4.00. The lowest BCUT2D eigenvalue weighted by atomic mass is 10.0. The van der Waals surface area contributed by atoms with Crippen LogP contribution in [0.5, 0.6) is 5.75 Å². The topological polar surface area (TPSA) is 56.3 Å². The highest BCUT2D eigenvalue weighted by Gasteiger charge is 2.26. The van der Waals surface area contributed by atoms with E-state index >= 15 is 0 Å². The van der Waals surface area contributed by atoms with Crippen molar-refractivity contribution in [1.29, 1.82) is 0 Å². The molecular formula is C24H29N2O4+. The number of nitrogens with one attached hydrogen (secondary N) is 1. The summed E-state index contributed by atoms with van der Waals surface area (Å²) in [4.78, 5) is 15.1. The van der Waals surface area contributed by atoms with Gasteiger partial charge in [0.05, 0.1) is 45.5 Å². The number of fused-ring (bicyclic) bond motifs is 1. The summed E-state index contributed by atoms with van der Waals surface area (Å²) in [5.41, 5.74) is 4.26. The van der Waals surface area contributed by atoms with Crippen LogP contribution in [0.15, 0.2) is 46.9 Å². The summed E-state index contributed by atoms with van der Waals surface area (Å²) in [6.45, 7) is 8.26. The summed E-state index contributed by atoms with van der Waals surface area (Å²) in [7, 11) is 1.72. The van der Waals surface area contributed by atoms with Crippen LogP contribution < -0.4 is 9.64 Å². The number of furan rings is 1. The molecule has 1 fully saturated rings. The number of piperazine rings is 1. The number of carbonyl (C=O) groups is 1. The standard InChI is InChI=1S/C24H28N2O4/c1-4-29-24(27)26-12-10-25(11-13-26)16-19-14-22-20(15-21(19)28-3)23(17(2)30-22)18-8-6-5-7-9-18/h5-9,14-15H,4,10-13,16H2,1-3H3/p+1. The van der Waals surface area contributed by atoms with E-state index in [-0.39, 0.29) is 6.09 Å². The third-order valence-electron chi connectivity index (χ3n) is 5.77. The van der Waals surface area contributed by atoms with E-state index in [2.05, 4.69) is 24.3 Å². The van der Waals surface area contributed by atoms with Gasteiger partial charge >= 0.3 is 6.09 Å². The molecule has 1 aromatic heterocycles. The number of rotatable bonds is 5. The molecule has 1 aliphatic heterocycles. The molecule has 6 heteroatoms. The number of benzene rings is 2. The molecule has 0 saturated carbocycles. The maximum Gasteiger partial charge on any atom is 0.410 e. The van der Waals surface area contributed by atoms with Crippen LogP contribution in [-0.4, -0.2) is 50.9 Å². The second kappa shape index (κ2) is 8.79. The van der Waals surface area contributed by atoms with Crippen molar-refractivity contribution >= 4 is 17.1 Å². The average molecular weight is 410 g/mol. The number of hydrogen-bond donors (Lipinski definition) is 1. The molecule has 1 aliphatic rings. The second-order valence-electron chi connectivity index (χ2n) is 7.67. The molecule has 0 spiro atoms. The fourth-order valence-electron chi connectivity index (χ4n) is 4.25. The molecule has 1 saturated heterocycles. The summed E-state index contributed by atoms with van der Waals surface area (Å²) in [6.07, 6.45) is -0.213. The predicted molar refractivity (Wildman–Crippen MR) is 116 cm³/mol. The first-order valence-corrected chi connectivity index (χ1v) is 10.5. The molecule has 158 valence electrons. The van der Waals surface area contributed by atoms with Gasteiger partial charge in [-0.05, 0) is 31.5 Å². The Morgan fingerprint density at radius 1 is 1.17 bits per heavy atom. The predicted octanol–water partition coefficient (Wildman–Crippen LogP) is 3.27. The van der Waals surface area contributed by atoms with Gasteiger partial charge in [-0.25, -0.2) is 4.79 Å². The summed E-state index contributed by atoms with van der Waals surface area (Å²) < 4.78 is 17.0. The first-order valence-electron chi connectivity index (χ1n) is 10.5. The molecule has 1 N–H and O–H groups in total. The van der Waals surface area contributed by atoms with E-state index in [0.29, 0.717) is 19.7 Å². The van der Waals surface area contributed by atoms with Crippen molar-refractivity contribution in [1.82, 2.24) is 4.90 Å². The summed E-state index contributed by atoms with van der Waals surface area (Å²) in [6, 6.07) is 14.5. The van der Waals surface area contributed by atoms with E-state index in [0.717, 1.165) is 58.8 Å². The molecule has 4 rings (SSSR count). The lowest BCUT2D eigenvalue weighted by molar-refractivity contribution is -0.917. The summed E-state index contributed by atoms with van der Waals surface area (Å²) >= 11 is 0. The van der Waals surface area contributed by atoms with Gasteiger partial charge in [0.25, 0.3) is 0 Å². The Morgan fingerprint density at radius 3 is 2.57 bits per heavy atom. The molecule has 1 amide bonds. The number of nitrogens with zero attached hydrogens (tertiary/aromatic N) is 1. The van der Waals surface area contributed by atoms with Crippen LogP contribution in [-0.2, 0) is 11.3 Å². The summed E-state index contributed by atoms with van der Waals surface area (Å²) in [5.74, 6) is 1.78. The van der Waals surface area contributed by atoms with Crippen LogP contribution in [0.2, 0.25) is 0 Å². The smallest absolute Gasteiger partial charge is 0.410 e. The molecule has 0 unspecified atom stereocenters. The molecule has 0 bridgehead atoms. The SMILES string of the molecule is CCOC(=O)N1CC[NH+](Cc2cc3oc(C)c(-c4ccccc4)c3cc2OC)CC1. The molecule has 3 aromatic rings. The van der Waals surface area contributed by atoms with Crippen molar-refractivity contribution in [2.45, 2.75) is 20.4 Å². The van der Waals surface area contributed by atoms with Crippen LogP contribution in [0.25, 0.3) is 22.1 Å². The largest absolute Gasteiger partial charge is 0.496 e. The minimum Gasteiger partial charge on any atom is -0.496 e. The number of quaternary nitrogens is 1. The number of carbonyl (C=O) groups excluding carboxylic acids is 1. The zero-order chi connectivity index (χ0) is 21.1. The first kappa shape index (κ1) is 20.3. The van der Waals surface area contributed by atoms with Crippen molar-refractivity contribution in [2.24, 2.45) is 0 Å². The number of amides is 1. The fourth-order valence-corrected chi connectivity index (χ4v) is 4.25. The van der Waals surface area contributed by atoms with Crippen molar-refractivity contribution in [3.05, 3.63) is 53.8 Å². The van der Waals surface area contributed by atoms with E-state index in [1.165, 1.54) is 4.90 Å². The minimum atomic E-state index is -0.213. The van der Waals surface area contributed by atoms with Crippen molar-refractivity contribution in [3.63, 3.8) is 0 Å². The number of ether oxygens (including phenoxy) is 2. The molecule has 30 heavy (non-hydrogen) atoms. The van der Waals surface area contributed by atoms with Crippen molar-refractivity contribution in [2.75, 3.05) is 39.9 Å². The average Bonchev–Trinajstić information content (AvgIpc) is 3.09. The van der Waals surface area contributed by atoms with Gasteiger partial charge in [0.1, 0.15) is 23.6 Å². The Balaban J connectivity index is 1.56. The van der Waals surface area contributed by atoms with E-state index in [9.17, 15) is 4.79 Å². The van der Waals surface area contributed by atoms with Gasteiger partial charge in [-0.3, -0.25) is 4.90 Å². The zero-order valence-electron chi connectivity index (χ0n) is 17.9. The van der Waals surface area contributed by atoms with Gasteiger partial charge in [-0.2, -0.15) is 0 Å². The van der Waals surface area contributed by atoms with Gasteiger partial charge in [0, 0.05) is 10.9 Å². The fraction of sp³-hybridized carbons (Fsp3) is 0.375. The van der Waals surface area contributed by atoms with Crippen LogP contribution in [0.4, 0.5) is 4.79 Å². The number of hydrogen-bond acceptors (Lipinski definition) is 4. The van der Waals surface area contributed by atoms with E-state index in [1.54, 1.807) is 12.0 Å². The van der Waals surface area contributed by atoms with Gasteiger partial charge in [-0.15, -0.1) is 0 Å². The first-order chi connectivity index (χ1) is 14.6. The number of aryl methyl sites for hydroxylation is 1. The van der Waals surface area contributed by atoms with Gasteiger partial charge in [0.2, 0.25) is 0 Å². The second-order valence-corrected chi connectivity index (χ2v) is 7.67. The van der Waals surface area contributed by atoms with E-state index in [1.807, 2.05) is 32.0 Å². The lowest BCUT2D eigenvalue weighted by Crippen LogP contribution is -3.13. The molecule has 6 nitrogen and oxygen atoms in total. The van der Waals surface area contributed by atoms with Crippen LogP contribution in [0.1, 0.15) is 18.2 Å². The number of methoxy groups -OCH3 is 1. The lowest BCUT2D eigenvalue weighted by Gasteiger charge is -2.31. The molecule has 2 aromatic carbocycles. The molecular weight excluding hydrogens is 380 g/mol. The Kier molecular flexibility index (Phi) is 5.95. The monoisotopic (exact) mass is 409 g/mol. The van der Waals surface area contributed by atoms with E-state index in [4.69, 9.17) is 13.9 Å². The van der Waals surface area contributed by atoms with Crippen LogP contribution in [0, 0.1) is 6.92 Å². The Labute approximate surface area is 177 Å². The third-order valence-corrected chi connectivity index (χ3v) is 5.77. The highest BCUT2D eigenvalue weighted by atomic mass is 16.6. The zero-order valence-corrected chi connectivity index (χ0v) is 17.9. The Morgan fingerprint density at radius 2 is 1.90 bits per heavy atom. The van der Waals surface area contributed by atoms with Crippen LogP contribution >= 0.6 is 0 Å². The van der Waals surface area contributed by atoms with E-state index < -0.39 is 0 Å².